The van der Waals surface area contributed by atoms with Gasteiger partial charge in [0, 0.05) is 12.6 Å². The van der Waals surface area contributed by atoms with E-state index in [0.29, 0.717) is 11.5 Å². The minimum atomic E-state index is 0.643. The van der Waals surface area contributed by atoms with E-state index in [2.05, 4.69) is 33.0 Å². The first-order valence-corrected chi connectivity index (χ1v) is 8.82. The highest BCUT2D eigenvalue weighted by atomic mass is 14.9. The van der Waals surface area contributed by atoms with Gasteiger partial charge in [-0.2, -0.15) is 0 Å². The molecule has 1 heteroatoms. The van der Waals surface area contributed by atoms with Gasteiger partial charge in [0.1, 0.15) is 0 Å². The van der Waals surface area contributed by atoms with Crippen molar-refractivity contribution < 1.29 is 0 Å². The molecule has 2 rings (SSSR count). The SMILES string of the molecule is CCCCC(CC)CC1(CNC(C)C)CC2CC2C1. The summed E-state index contributed by atoms with van der Waals surface area (Å²) in [5.41, 5.74) is 0.659. The van der Waals surface area contributed by atoms with E-state index in [1.54, 1.807) is 6.42 Å². The van der Waals surface area contributed by atoms with Gasteiger partial charge in [0.15, 0.2) is 0 Å². The molecule has 0 amide bonds. The molecule has 112 valence electrons. The van der Waals surface area contributed by atoms with Crippen LogP contribution in [0.25, 0.3) is 0 Å². The van der Waals surface area contributed by atoms with Crippen LogP contribution in [0.3, 0.4) is 0 Å². The number of unbranched alkanes of at least 4 members (excludes halogenated alkanes) is 1. The summed E-state index contributed by atoms with van der Waals surface area (Å²) in [5, 5.41) is 3.75. The van der Waals surface area contributed by atoms with Gasteiger partial charge in [0.2, 0.25) is 0 Å². The minimum absolute atomic E-state index is 0.643. The zero-order valence-corrected chi connectivity index (χ0v) is 13.7. The summed E-state index contributed by atoms with van der Waals surface area (Å²) in [5.74, 6) is 3.20. The summed E-state index contributed by atoms with van der Waals surface area (Å²) in [4.78, 5) is 0. The van der Waals surface area contributed by atoms with Crippen LogP contribution in [-0.2, 0) is 0 Å². The summed E-state index contributed by atoms with van der Waals surface area (Å²) in [6, 6.07) is 0.643. The lowest BCUT2D eigenvalue weighted by molar-refractivity contribution is 0.175. The minimum Gasteiger partial charge on any atom is -0.314 e. The number of rotatable bonds is 9. The molecule has 0 aromatic rings. The lowest BCUT2D eigenvalue weighted by atomic mass is 9.73. The van der Waals surface area contributed by atoms with E-state index in [9.17, 15) is 0 Å². The molecule has 1 nitrogen and oxygen atoms in total. The Morgan fingerprint density at radius 2 is 1.84 bits per heavy atom. The van der Waals surface area contributed by atoms with Gasteiger partial charge >= 0.3 is 0 Å². The second-order valence-electron chi connectivity index (χ2n) is 7.82. The molecular formula is C18H35N. The molecule has 0 radical (unpaired) electrons. The van der Waals surface area contributed by atoms with Crippen molar-refractivity contribution in [3.05, 3.63) is 0 Å². The first-order valence-electron chi connectivity index (χ1n) is 8.82. The largest absolute Gasteiger partial charge is 0.314 e. The molecule has 2 fully saturated rings. The maximum absolute atomic E-state index is 3.75. The predicted octanol–water partition coefficient (Wildman–Crippen LogP) is 5.01. The van der Waals surface area contributed by atoms with E-state index in [1.165, 1.54) is 51.5 Å². The van der Waals surface area contributed by atoms with Crippen molar-refractivity contribution in [2.75, 3.05) is 6.54 Å². The molecule has 0 aromatic carbocycles. The maximum atomic E-state index is 3.75. The molecule has 0 heterocycles. The standard InChI is InChI=1S/C18H35N/c1-5-7-8-15(6-2)10-18(13-19-14(3)4)11-16-9-17(16)12-18/h14-17,19H,5-13H2,1-4H3. The number of fused-ring (bicyclic) bond motifs is 1. The third kappa shape index (κ3) is 4.21. The Bertz CT molecular complexity index is 261. The number of nitrogens with one attached hydrogen (secondary N) is 1. The van der Waals surface area contributed by atoms with Crippen molar-refractivity contribution in [1.82, 2.24) is 5.32 Å². The normalized spacial score (nSPS) is 34.6. The Morgan fingerprint density at radius 1 is 1.16 bits per heavy atom. The van der Waals surface area contributed by atoms with Crippen LogP contribution in [0.2, 0.25) is 0 Å². The molecule has 2 saturated carbocycles. The van der Waals surface area contributed by atoms with E-state index in [-0.39, 0.29) is 0 Å². The molecule has 2 aliphatic carbocycles. The van der Waals surface area contributed by atoms with E-state index < -0.39 is 0 Å². The van der Waals surface area contributed by atoms with E-state index in [4.69, 9.17) is 0 Å². The fraction of sp³-hybridized carbons (Fsp3) is 1.00. The fourth-order valence-electron chi connectivity index (χ4n) is 4.37. The van der Waals surface area contributed by atoms with Crippen LogP contribution in [0.15, 0.2) is 0 Å². The van der Waals surface area contributed by atoms with Crippen molar-refractivity contribution in [2.24, 2.45) is 23.2 Å². The highest BCUT2D eigenvalue weighted by Crippen LogP contribution is 2.61. The van der Waals surface area contributed by atoms with Gasteiger partial charge in [-0.25, -0.2) is 0 Å². The Hall–Kier alpha value is -0.0400. The van der Waals surface area contributed by atoms with Crippen LogP contribution in [0.5, 0.6) is 0 Å². The Balaban J connectivity index is 1.89. The van der Waals surface area contributed by atoms with Gasteiger partial charge in [0.25, 0.3) is 0 Å². The predicted molar refractivity (Wildman–Crippen MR) is 84.3 cm³/mol. The van der Waals surface area contributed by atoms with Crippen LogP contribution in [0.4, 0.5) is 0 Å². The molecule has 3 unspecified atom stereocenters. The highest BCUT2D eigenvalue weighted by molar-refractivity contribution is 5.04. The smallest absolute Gasteiger partial charge is 0.00106 e. The topological polar surface area (TPSA) is 12.0 Å². The monoisotopic (exact) mass is 265 g/mol. The van der Waals surface area contributed by atoms with Gasteiger partial charge in [-0.1, -0.05) is 53.4 Å². The van der Waals surface area contributed by atoms with Crippen molar-refractivity contribution >= 4 is 0 Å². The number of hydrogen-bond acceptors (Lipinski definition) is 1. The highest BCUT2D eigenvalue weighted by Gasteiger charge is 2.53. The molecule has 1 N–H and O–H groups in total. The summed E-state index contributed by atoms with van der Waals surface area (Å²) in [6.07, 6.45) is 11.7. The van der Waals surface area contributed by atoms with Gasteiger partial charge in [-0.05, 0) is 48.9 Å². The van der Waals surface area contributed by atoms with Crippen LogP contribution in [0, 0.1) is 23.2 Å². The Kier molecular flexibility index (Phi) is 5.34. The molecule has 0 aliphatic heterocycles. The summed E-state index contributed by atoms with van der Waals surface area (Å²) in [6.45, 7) is 10.6. The van der Waals surface area contributed by atoms with Crippen LogP contribution < -0.4 is 5.32 Å². The van der Waals surface area contributed by atoms with Gasteiger partial charge in [-0.15, -0.1) is 0 Å². The van der Waals surface area contributed by atoms with E-state index in [1.807, 2.05) is 0 Å². The number of hydrogen-bond donors (Lipinski definition) is 1. The average Bonchev–Trinajstić information content (AvgIpc) is 3.00. The molecule has 19 heavy (non-hydrogen) atoms. The molecular weight excluding hydrogens is 230 g/mol. The lowest BCUT2D eigenvalue weighted by Gasteiger charge is -2.35. The maximum Gasteiger partial charge on any atom is 0.00106 e. The Morgan fingerprint density at radius 3 is 2.37 bits per heavy atom. The third-order valence-corrected chi connectivity index (χ3v) is 5.61. The third-order valence-electron chi connectivity index (χ3n) is 5.61. The molecule has 2 aliphatic rings. The quantitative estimate of drug-likeness (QED) is 0.618. The van der Waals surface area contributed by atoms with Crippen molar-refractivity contribution in [3.8, 4) is 0 Å². The van der Waals surface area contributed by atoms with Crippen LogP contribution in [0.1, 0.15) is 79.1 Å². The molecule has 0 spiro atoms. The van der Waals surface area contributed by atoms with Gasteiger partial charge in [-0.3, -0.25) is 0 Å². The summed E-state index contributed by atoms with van der Waals surface area (Å²) in [7, 11) is 0. The zero-order chi connectivity index (χ0) is 13.9. The second-order valence-corrected chi connectivity index (χ2v) is 7.82. The molecule has 0 aromatic heterocycles. The van der Waals surface area contributed by atoms with Gasteiger partial charge < -0.3 is 5.32 Å². The van der Waals surface area contributed by atoms with Crippen molar-refractivity contribution in [1.29, 1.82) is 0 Å². The Labute approximate surface area is 120 Å². The zero-order valence-electron chi connectivity index (χ0n) is 13.7. The van der Waals surface area contributed by atoms with Crippen LogP contribution >= 0.6 is 0 Å². The van der Waals surface area contributed by atoms with E-state index in [0.717, 1.165) is 17.8 Å². The van der Waals surface area contributed by atoms with Crippen molar-refractivity contribution in [3.63, 3.8) is 0 Å². The first kappa shape index (κ1) is 15.4. The van der Waals surface area contributed by atoms with Gasteiger partial charge in [0.05, 0.1) is 0 Å². The summed E-state index contributed by atoms with van der Waals surface area (Å²) < 4.78 is 0. The average molecular weight is 265 g/mol. The van der Waals surface area contributed by atoms with Crippen molar-refractivity contribution in [2.45, 2.75) is 85.1 Å². The van der Waals surface area contributed by atoms with E-state index >= 15 is 0 Å². The fourth-order valence-corrected chi connectivity index (χ4v) is 4.37. The lowest BCUT2D eigenvalue weighted by Crippen LogP contribution is -2.38. The summed E-state index contributed by atoms with van der Waals surface area (Å²) >= 11 is 0. The second kappa shape index (κ2) is 6.61. The molecule has 0 saturated heterocycles. The molecule has 3 atom stereocenters. The first-order chi connectivity index (χ1) is 9.08. The van der Waals surface area contributed by atoms with Crippen LogP contribution in [-0.4, -0.2) is 12.6 Å². The molecule has 0 bridgehead atoms.